The van der Waals surface area contributed by atoms with E-state index in [-0.39, 0.29) is 0 Å². The molecule has 0 amide bonds. The smallest absolute Gasteiger partial charge is 0.176 e. The van der Waals surface area contributed by atoms with Crippen molar-refractivity contribution in [3.05, 3.63) is 57.9 Å². The van der Waals surface area contributed by atoms with Crippen LogP contribution in [0.3, 0.4) is 0 Å². The van der Waals surface area contributed by atoms with Gasteiger partial charge >= 0.3 is 0 Å². The lowest BCUT2D eigenvalue weighted by Gasteiger charge is -2.07. The predicted octanol–water partition coefficient (Wildman–Crippen LogP) is 5.88. The monoisotopic (exact) mass is 413 g/mol. The van der Waals surface area contributed by atoms with E-state index in [0.717, 1.165) is 45.1 Å². The largest absolute Gasteiger partial charge is 0.493 e. The number of aryl methyl sites for hydroxylation is 2. The molecule has 4 aromatic rings. The Morgan fingerprint density at radius 2 is 2.04 bits per heavy atom. The van der Waals surface area contributed by atoms with Gasteiger partial charge in [0.15, 0.2) is 11.3 Å². The van der Waals surface area contributed by atoms with Crippen molar-refractivity contribution in [2.45, 2.75) is 20.3 Å². The molecule has 4 rings (SSSR count). The Labute approximate surface area is 172 Å². The minimum absolute atomic E-state index is 0.631. The van der Waals surface area contributed by atoms with Gasteiger partial charge in [-0.25, -0.2) is 9.97 Å². The van der Waals surface area contributed by atoms with Crippen molar-refractivity contribution in [3.63, 3.8) is 0 Å². The zero-order valence-corrected chi connectivity index (χ0v) is 17.4. The summed E-state index contributed by atoms with van der Waals surface area (Å²) in [5.41, 5.74) is 4.02. The highest BCUT2D eigenvalue weighted by molar-refractivity contribution is 7.13. The molecule has 144 valence electrons. The Morgan fingerprint density at radius 3 is 2.79 bits per heavy atom. The van der Waals surface area contributed by atoms with Crippen LogP contribution in [0.1, 0.15) is 16.9 Å². The van der Waals surface area contributed by atoms with E-state index in [1.165, 1.54) is 5.56 Å². The van der Waals surface area contributed by atoms with Crippen LogP contribution in [0.2, 0.25) is 5.02 Å². The molecule has 0 fully saturated rings. The van der Waals surface area contributed by atoms with E-state index in [4.69, 9.17) is 20.8 Å². The van der Waals surface area contributed by atoms with Crippen molar-refractivity contribution >= 4 is 39.7 Å². The van der Waals surface area contributed by atoms with Gasteiger partial charge in [-0.3, -0.25) is 0 Å². The first-order chi connectivity index (χ1) is 13.5. The second-order valence-electron chi connectivity index (χ2n) is 6.58. The SMILES string of the molecule is COc1cc(Cl)cc2c(CCNc3cc(-c4cc(C)cs4)ncn3)c(C)oc12. The molecule has 1 N–H and O–H groups in total. The van der Waals surface area contributed by atoms with Crippen LogP contribution in [0.4, 0.5) is 5.82 Å². The number of anilines is 1. The molecule has 7 heteroatoms. The molecule has 28 heavy (non-hydrogen) atoms. The quantitative estimate of drug-likeness (QED) is 0.427. The standard InChI is InChI=1S/C21H20ClN3O2S/c1-12-6-19(28-10-12)17-9-20(25-11-24-17)23-5-4-15-13(2)27-21-16(15)7-14(22)8-18(21)26-3/h6-11H,4-5H2,1-3H3,(H,23,24,25). The number of furan rings is 1. The number of nitrogens with zero attached hydrogens (tertiary/aromatic N) is 2. The summed E-state index contributed by atoms with van der Waals surface area (Å²) in [6, 6.07) is 7.80. The Morgan fingerprint density at radius 1 is 1.18 bits per heavy atom. The van der Waals surface area contributed by atoms with E-state index < -0.39 is 0 Å². The topological polar surface area (TPSA) is 60.2 Å². The Balaban J connectivity index is 1.52. The van der Waals surface area contributed by atoms with Crippen LogP contribution in [0.5, 0.6) is 5.75 Å². The molecule has 0 aliphatic heterocycles. The summed E-state index contributed by atoms with van der Waals surface area (Å²) < 4.78 is 11.3. The number of fused-ring (bicyclic) bond motifs is 1. The number of benzene rings is 1. The van der Waals surface area contributed by atoms with Crippen molar-refractivity contribution < 1.29 is 9.15 Å². The van der Waals surface area contributed by atoms with Crippen LogP contribution in [0.25, 0.3) is 21.5 Å². The van der Waals surface area contributed by atoms with Gasteiger partial charge in [-0.1, -0.05) is 11.6 Å². The number of thiophene rings is 1. The summed E-state index contributed by atoms with van der Waals surface area (Å²) in [5, 5.41) is 7.12. The third-order valence-electron chi connectivity index (χ3n) is 4.58. The van der Waals surface area contributed by atoms with Gasteiger partial charge in [0.2, 0.25) is 0 Å². The summed E-state index contributed by atoms with van der Waals surface area (Å²) in [6.07, 6.45) is 2.37. The minimum atomic E-state index is 0.631. The van der Waals surface area contributed by atoms with Crippen LogP contribution in [-0.2, 0) is 6.42 Å². The van der Waals surface area contributed by atoms with Gasteiger partial charge in [-0.15, -0.1) is 11.3 Å². The lowest BCUT2D eigenvalue weighted by molar-refractivity contribution is 0.408. The number of halogens is 1. The lowest BCUT2D eigenvalue weighted by atomic mass is 10.1. The van der Waals surface area contributed by atoms with Crippen LogP contribution in [-0.4, -0.2) is 23.6 Å². The summed E-state index contributed by atoms with van der Waals surface area (Å²) >= 11 is 7.92. The molecule has 5 nitrogen and oxygen atoms in total. The molecule has 0 radical (unpaired) electrons. The fourth-order valence-electron chi connectivity index (χ4n) is 3.23. The first-order valence-corrected chi connectivity index (χ1v) is 10.2. The first-order valence-electron chi connectivity index (χ1n) is 8.92. The van der Waals surface area contributed by atoms with E-state index in [0.29, 0.717) is 17.3 Å². The molecule has 3 aromatic heterocycles. The molecule has 0 aliphatic carbocycles. The van der Waals surface area contributed by atoms with E-state index in [1.807, 2.05) is 19.1 Å². The van der Waals surface area contributed by atoms with E-state index in [2.05, 4.69) is 33.7 Å². The fourth-order valence-corrected chi connectivity index (χ4v) is 4.31. The van der Waals surface area contributed by atoms with Crippen LogP contribution in [0, 0.1) is 13.8 Å². The molecule has 0 saturated heterocycles. The molecule has 1 aromatic carbocycles. The fraction of sp³-hybridized carbons (Fsp3) is 0.238. The van der Waals surface area contributed by atoms with Crippen LogP contribution >= 0.6 is 22.9 Å². The molecule has 0 aliphatic rings. The van der Waals surface area contributed by atoms with Crippen molar-refractivity contribution in [1.29, 1.82) is 0 Å². The maximum absolute atomic E-state index is 6.24. The van der Waals surface area contributed by atoms with Gasteiger partial charge in [-0.2, -0.15) is 0 Å². The highest BCUT2D eigenvalue weighted by Crippen LogP contribution is 2.35. The summed E-state index contributed by atoms with van der Waals surface area (Å²) in [6.45, 7) is 4.76. The van der Waals surface area contributed by atoms with Crippen molar-refractivity contribution in [1.82, 2.24) is 9.97 Å². The van der Waals surface area contributed by atoms with Crippen molar-refractivity contribution in [3.8, 4) is 16.3 Å². The number of methoxy groups -OCH3 is 1. The van der Waals surface area contributed by atoms with Crippen molar-refractivity contribution in [2.24, 2.45) is 0 Å². The second kappa shape index (κ2) is 7.81. The van der Waals surface area contributed by atoms with Gasteiger partial charge in [-0.05, 0) is 43.3 Å². The third kappa shape index (κ3) is 3.70. The lowest BCUT2D eigenvalue weighted by Crippen LogP contribution is -2.07. The minimum Gasteiger partial charge on any atom is -0.493 e. The number of aromatic nitrogens is 2. The number of hydrogen-bond donors (Lipinski definition) is 1. The molecule has 0 bridgehead atoms. The van der Waals surface area contributed by atoms with Gasteiger partial charge in [0.05, 0.1) is 17.7 Å². The summed E-state index contributed by atoms with van der Waals surface area (Å²) in [5.74, 6) is 2.32. The maximum Gasteiger partial charge on any atom is 0.176 e. The zero-order chi connectivity index (χ0) is 19.7. The predicted molar refractivity (Wildman–Crippen MR) is 115 cm³/mol. The number of nitrogens with one attached hydrogen (secondary N) is 1. The van der Waals surface area contributed by atoms with E-state index >= 15 is 0 Å². The Kier molecular flexibility index (Phi) is 5.24. The molecular weight excluding hydrogens is 394 g/mol. The van der Waals surface area contributed by atoms with E-state index in [1.54, 1.807) is 30.8 Å². The zero-order valence-electron chi connectivity index (χ0n) is 15.9. The highest BCUT2D eigenvalue weighted by atomic mass is 35.5. The number of ether oxygens (including phenoxy) is 1. The van der Waals surface area contributed by atoms with Crippen molar-refractivity contribution in [2.75, 3.05) is 19.0 Å². The van der Waals surface area contributed by atoms with Gasteiger partial charge in [0.25, 0.3) is 0 Å². The molecule has 0 atom stereocenters. The summed E-state index contributed by atoms with van der Waals surface area (Å²) in [4.78, 5) is 9.86. The second-order valence-corrected chi connectivity index (χ2v) is 7.92. The molecule has 0 saturated carbocycles. The molecule has 0 spiro atoms. The Hall–Kier alpha value is -2.57. The maximum atomic E-state index is 6.24. The molecular formula is C21H20ClN3O2S. The van der Waals surface area contributed by atoms with Gasteiger partial charge in [0, 0.05) is 34.6 Å². The van der Waals surface area contributed by atoms with Crippen LogP contribution < -0.4 is 10.1 Å². The summed E-state index contributed by atoms with van der Waals surface area (Å²) in [7, 11) is 1.62. The average molecular weight is 414 g/mol. The number of rotatable bonds is 6. The highest BCUT2D eigenvalue weighted by Gasteiger charge is 2.16. The normalized spacial score (nSPS) is 11.1. The van der Waals surface area contributed by atoms with E-state index in [9.17, 15) is 0 Å². The molecule has 0 unspecified atom stereocenters. The van der Waals surface area contributed by atoms with Gasteiger partial charge in [0.1, 0.15) is 17.9 Å². The first kappa shape index (κ1) is 18.8. The molecule has 3 heterocycles. The third-order valence-corrected chi connectivity index (χ3v) is 5.86. The number of hydrogen-bond acceptors (Lipinski definition) is 6. The average Bonchev–Trinajstić information content (AvgIpc) is 3.25. The Bertz CT molecular complexity index is 1140. The van der Waals surface area contributed by atoms with Crippen LogP contribution in [0.15, 0.2) is 40.4 Å². The van der Waals surface area contributed by atoms with Gasteiger partial charge < -0.3 is 14.5 Å².